The van der Waals surface area contributed by atoms with Crippen LogP contribution < -0.4 is 9.64 Å². The zero-order valence-electron chi connectivity index (χ0n) is 12.1. The Bertz CT molecular complexity index is 560. The van der Waals surface area contributed by atoms with Crippen molar-refractivity contribution in [3.63, 3.8) is 0 Å². The van der Waals surface area contributed by atoms with Crippen molar-refractivity contribution in [2.24, 2.45) is 5.92 Å². The molecule has 1 aliphatic rings. The highest BCUT2D eigenvalue weighted by Gasteiger charge is 2.21. The van der Waals surface area contributed by atoms with Gasteiger partial charge < -0.3 is 9.64 Å². The zero-order chi connectivity index (χ0) is 14.5. The molecule has 0 saturated carbocycles. The molecule has 1 fully saturated rings. The maximum atomic E-state index is 5.70. The highest BCUT2D eigenvalue weighted by atomic mass is 16.5. The van der Waals surface area contributed by atoms with Crippen LogP contribution in [0.1, 0.15) is 18.4 Å². The molecule has 1 aliphatic heterocycles. The fourth-order valence-corrected chi connectivity index (χ4v) is 2.51. The summed E-state index contributed by atoms with van der Waals surface area (Å²) in [6.45, 7) is 4.56. The van der Waals surface area contributed by atoms with E-state index >= 15 is 0 Å². The largest absolute Gasteiger partial charge is 0.463 e. The Morgan fingerprint density at radius 1 is 1.19 bits per heavy atom. The van der Waals surface area contributed by atoms with Crippen molar-refractivity contribution in [1.29, 1.82) is 0 Å². The molecule has 0 N–H and O–H groups in total. The molecule has 0 aromatic carbocycles. The average molecular weight is 285 g/mol. The Balaban J connectivity index is 1.55. The van der Waals surface area contributed by atoms with E-state index < -0.39 is 0 Å². The molecule has 0 amide bonds. The van der Waals surface area contributed by atoms with Crippen molar-refractivity contribution in [2.75, 3.05) is 24.6 Å². The summed E-state index contributed by atoms with van der Waals surface area (Å²) in [5.74, 6) is 1.40. The molecule has 1 unspecified atom stereocenters. The van der Waals surface area contributed by atoms with Crippen LogP contribution in [0.2, 0.25) is 0 Å². The van der Waals surface area contributed by atoms with Gasteiger partial charge in [-0.15, -0.1) is 0 Å². The van der Waals surface area contributed by atoms with Gasteiger partial charge in [-0.2, -0.15) is 0 Å². The van der Waals surface area contributed by atoms with E-state index in [0.717, 1.165) is 37.3 Å². The van der Waals surface area contributed by atoms with E-state index in [0.29, 0.717) is 18.5 Å². The zero-order valence-corrected chi connectivity index (χ0v) is 12.1. The van der Waals surface area contributed by atoms with Crippen LogP contribution in [-0.4, -0.2) is 39.6 Å². The average Bonchev–Trinajstić information content (AvgIpc) is 2.55. The lowest BCUT2D eigenvalue weighted by atomic mass is 9.99. The molecule has 1 atom stereocenters. The van der Waals surface area contributed by atoms with Gasteiger partial charge in [0.15, 0.2) is 0 Å². The minimum Gasteiger partial charge on any atom is -0.463 e. The summed E-state index contributed by atoms with van der Waals surface area (Å²) < 4.78 is 5.70. The first kappa shape index (κ1) is 13.7. The second-order valence-electron chi connectivity index (χ2n) is 5.37. The molecule has 1 saturated heterocycles. The highest BCUT2D eigenvalue weighted by Crippen LogP contribution is 2.21. The van der Waals surface area contributed by atoms with Crippen LogP contribution in [0.4, 0.5) is 5.82 Å². The lowest BCUT2D eigenvalue weighted by Gasteiger charge is -2.32. The number of aryl methyl sites for hydroxylation is 1. The fraction of sp³-hybridized carbons (Fsp3) is 0.467. The molecule has 2 aromatic heterocycles. The topological polar surface area (TPSA) is 64.0 Å². The van der Waals surface area contributed by atoms with Crippen LogP contribution in [0.3, 0.4) is 0 Å². The number of rotatable bonds is 4. The van der Waals surface area contributed by atoms with E-state index in [2.05, 4.69) is 24.8 Å². The molecule has 3 rings (SSSR count). The van der Waals surface area contributed by atoms with Crippen LogP contribution >= 0.6 is 0 Å². The van der Waals surface area contributed by atoms with E-state index in [1.807, 2.05) is 13.1 Å². The van der Waals surface area contributed by atoms with Crippen molar-refractivity contribution < 1.29 is 4.74 Å². The Labute approximate surface area is 124 Å². The van der Waals surface area contributed by atoms with Gasteiger partial charge in [0.25, 0.3) is 0 Å². The molecule has 6 heteroatoms. The highest BCUT2D eigenvalue weighted by molar-refractivity contribution is 5.35. The lowest BCUT2D eigenvalue weighted by molar-refractivity contribution is 0.213. The Morgan fingerprint density at radius 3 is 2.81 bits per heavy atom. The molecule has 21 heavy (non-hydrogen) atoms. The maximum absolute atomic E-state index is 5.70. The fourth-order valence-electron chi connectivity index (χ4n) is 2.51. The summed E-state index contributed by atoms with van der Waals surface area (Å²) in [4.78, 5) is 19.1. The van der Waals surface area contributed by atoms with Crippen LogP contribution in [0.5, 0.6) is 6.01 Å². The summed E-state index contributed by atoms with van der Waals surface area (Å²) in [7, 11) is 0. The molecule has 3 heterocycles. The summed E-state index contributed by atoms with van der Waals surface area (Å²) in [5.41, 5.74) is 1.04. The Kier molecular flexibility index (Phi) is 4.23. The summed E-state index contributed by atoms with van der Waals surface area (Å²) in [5, 5.41) is 0. The first-order valence-electron chi connectivity index (χ1n) is 7.23. The predicted octanol–water partition coefficient (Wildman–Crippen LogP) is 1.87. The molecular weight excluding hydrogens is 266 g/mol. The molecule has 6 nitrogen and oxygen atoms in total. The van der Waals surface area contributed by atoms with Crippen molar-refractivity contribution in [1.82, 2.24) is 19.9 Å². The van der Waals surface area contributed by atoms with Gasteiger partial charge in [0.2, 0.25) is 0 Å². The van der Waals surface area contributed by atoms with Gasteiger partial charge >= 0.3 is 6.01 Å². The third-order valence-corrected chi connectivity index (χ3v) is 3.60. The van der Waals surface area contributed by atoms with E-state index in [9.17, 15) is 0 Å². The summed E-state index contributed by atoms with van der Waals surface area (Å²) >= 11 is 0. The first-order chi connectivity index (χ1) is 10.3. The van der Waals surface area contributed by atoms with Crippen LogP contribution in [0, 0.1) is 12.8 Å². The summed E-state index contributed by atoms with van der Waals surface area (Å²) in [6, 6.07) is 0.456. The summed E-state index contributed by atoms with van der Waals surface area (Å²) in [6.07, 6.45) is 11.1. The second kappa shape index (κ2) is 6.47. The Morgan fingerprint density at radius 2 is 2.05 bits per heavy atom. The predicted molar refractivity (Wildman–Crippen MR) is 79.2 cm³/mol. The molecule has 0 bridgehead atoms. The molecule has 0 spiro atoms. The number of hydrogen-bond donors (Lipinski definition) is 0. The van der Waals surface area contributed by atoms with Gasteiger partial charge in [-0.1, -0.05) is 0 Å². The lowest BCUT2D eigenvalue weighted by Crippen LogP contribution is -2.38. The van der Waals surface area contributed by atoms with Gasteiger partial charge in [0.05, 0.1) is 12.8 Å². The number of ether oxygens (including phenoxy) is 1. The molecule has 0 aliphatic carbocycles. The standard InChI is InChI=1S/C15H19N5O/c1-12-7-18-15(19-8-12)21-11-13-3-2-6-20(10-13)14-9-16-4-5-17-14/h4-5,7-9,13H,2-3,6,10-11H2,1H3. The van der Waals surface area contributed by atoms with Gasteiger partial charge in [-0.05, 0) is 25.3 Å². The number of nitrogens with zero attached hydrogens (tertiary/aromatic N) is 5. The molecular formula is C15H19N5O. The number of anilines is 1. The van der Waals surface area contributed by atoms with E-state index in [1.54, 1.807) is 24.8 Å². The maximum Gasteiger partial charge on any atom is 0.316 e. The van der Waals surface area contributed by atoms with Crippen molar-refractivity contribution in [3.05, 3.63) is 36.5 Å². The molecule has 2 aromatic rings. The number of aromatic nitrogens is 4. The van der Waals surface area contributed by atoms with Gasteiger partial charge in [0.1, 0.15) is 5.82 Å². The third-order valence-electron chi connectivity index (χ3n) is 3.60. The quantitative estimate of drug-likeness (QED) is 0.854. The van der Waals surface area contributed by atoms with Crippen LogP contribution in [0.15, 0.2) is 31.0 Å². The minimum atomic E-state index is 0.456. The van der Waals surface area contributed by atoms with Crippen molar-refractivity contribution in [2.45, 2.75) is 19.8 Å². The normalized spacial score (nSPS) is 18.5. The first-order valence-corrected chi connectivity index (χ1v) is 7.23. The van der Waals surface area contributed by atoms with E-state index in [4.69, 9.17) is 4.74 Å². The van der Waals surface area contributed by atoms with Crippen LogP contribution in [-0.2, 0) is 0 Å². The Hall–Kier alpha value is -2.24. The smallest absolute Gasteiger partial charge is 0.316 e. The van der Waals surface area contributed by atoms with Gasteiger partial charge in [-0.25, -0.2) is 15.0 Å². The molecule has 110 valence electrons. The molecule has 0 radical (unpaired) electrons. The van der Waals surface area contributed by atoms with Crippen molar-refractivity contribution >= 4 is 5.82 Å². The van der Waals surface area contributed by atoms with Crippen molar-refractivity contribution in [3.8, 4) is 6.01 Å². The van der Waals surface area contributed by atoms with Crippen LogP contribution in [0.25, 0.3) is 0 Å². The van der Waals surface area contributed by atoms with E-state index in [1.165, 1.54) is 0 Å². The second-order valence-corrected chi connectivity index (χ2v) is 5.37. The SMILES string of the molecule is Cc1cnc(OCC2CCCN(c3cnccn3)C2)nc1. The number of hydrogen-bond acceptors (Lipinski definition) is 6. The van der Waals surface area contributed by atoms with E-state index in [-0.39, 0.29) is 0 Å². The minimum absolute atomic E-state index is 0.456. The number of piperidine rings is 1. The third kappa shape index (κ3) is 3.65. The van der Waals surface area contributed by atoms with Gasteiger partial charge in [0, 0.05) is 43.8 Å². The monoisotopic (exact) mass is 285 g/mol. The van der Waals surface area contributed by atoms with Gasteiger partial charge in [-0.3, -0.25) is 4.98 Å².